The molecule has 1 aliphatic carbocycles. The van der Waals surface area contributed by atoms with Crippen molar-refractivity contribution >= 4 is 6.29 Å². The van der Waals surface area contributed by atoms with Gasteiger partial charge in [0.05, 0.1) is 12.7 Å². The first-order chi connectivity index (χ1) is 5.60. The number of rotatable bonds is 4. The molecular formula is C10H16O2. The lowest BCUT2D eigenvalue weighted by molar-refractivity contribution is -0.113. The zero-order valence-corrected chi connectivity index (χ0v) is 7.80. The van der Waals surface area contributed by atoms with E-state index < -0.39 is 0 Å². The molecule has 0 spiro atoms. The Morgan fingerprint density at radius 3 is 2.50 bits per heavy atom. The van der Waals surface area contributed by atoms with Crippen LogP contribution in [0.25, 0.3) is 0 Å². The average Bonchev–Trinajstić information content (AvgIpc) is 2.85. The number of aldehydes is 1. The second kappa shape index (κ2) is 2.32. The van der Waals surface area contributed by atoms with Crippen molar-refractivity contribution in [3.63, 3.8) is 0 Å². The molecule has 1 aliphatic heterocycles. The molecule has 2 atom stereocenters. The maximum Gasteiger partial charge on any atom is 0.126 e. The largest absolute Gasteiger partial charge is 0.373 e. The number of carbonyl (C=O) groups excluding carboxylic acids is 1. The van der Waals surface area contributed by atoms with Crippen LogP contribution in [0, 0.1) is 10.8 Å². The van der Waals surface area contributed by atoms with Gasteiger partial charge in [0.15, 0.2) is 0 Å². The zero-order chi connectivity index (χ0) is 8.82. The third-order valence-electron chi connectivity index (χ3n) is 3.52. The summed E-state index contributed by atoms with van der Waals surface area (Å²) >= 11 is 0. The minimum atomic E-state index is -0.00104. The van der Waals surface area contributed by atoms with Crippen LogP contribution in [0.3, 0.4) is 0 Å². The van der Waals surface area contributed by atoms with Gasteiger partial charge in [0.1, 0.15) is 6.29 Å². The summed E-state index contributed by atoms with van der Waals surface area (Å²) in [6, 6.07) is 0. The SMILES string of the molecule is CC1(C)CC1(C=O)CCC1CO1. The van der Waals surface area contributed by atoms with Gasteiger partial charge < -0.3 is 9.53 Å². The van der Waals surface area contributed by atoms with Crippen LogP contribution in [0.2, 0.25) is 0 Å². The lowest BCUT2D eigenvalue weighted by Crippen LogP contribution is -2.11. The highest BCUT2D eigenvalue weighted by Gasteiger charge is 2.60. The molecule has 0 aromatic heterocycles. The van der Waals surface area contributed by atoms with E-state index in [0.29, 0.717) is 6.10 Å². The molecule has 1 heterocycles. The van der Waals surface area contributed by atoms with E-state index in [-0.39, 0.29) is 10.8 Å². The second-order valence-corrected chi connectivity index (χ2v) is 4.83. The smallest absolute Gasteiger partial charge is 0.126 e. The first-order valence-electron chi connectivity index (χ1n) is 4.68. The lowest BCUT2D eigenvalue weighted by Gasteiger charge is -2.11. The van der Waals surface area contributed by atoms with E-state index >= 15 is 0 Å². The number of epoxide rings is 1. The van der Waals surface area contributed by atoms with Crippen molar-refractivity contribution in [3.8, 4) is 0 Å². The van der Waals surface area contributed by atoms with E-state index in [2.05, 4.69) is 13.8 Å². The van der Waals surface area contributed by atoms with Crippen LogP contribution in [0.1, 0.15) is 33.1 Å². The van der Waals surface area contributed by atoms with Crippen LogP contribution in [-0.4, -0.2) is 19.0 Å². The van der Waals surface area contributed by atoms with Crippen molar-refractivity contribution in [1.82, 2.24) is 0 Å². The fraction of sp³-hybridized carbons (Fsp3) is 0.900. The molecule has 2 heteroatoms. The van der Waals surface area contributed by atoms with Crippen molar-refractivity contribution in [2.75, 3.05) is 6.61 Å². The second-order valence-electron chi connectivity index (χ2n) is 4.83. The van der Waals surface area contributed by atoms with E-state index in [4.69, 9.17) is 4.74 Å². The Hall–Kier alpha value is -0.370. The highest BCUT2D eigenvalue weighted by atomic mass is 16.6. The predicted molar refractivity (Wildman–Crippen MR) is 45.9 cm³/mol. The van der Waals surface area contributed by atoms with Gasteiger partial charge in [-0.05, 0) is 24.7 Å². The molecular weight excluding hydrogens is 152 g/mol. The van der Waals surface area contributed by atoms with E-state index in [9.17, 15) is 4.79 Å². The standard InChI is InChI=1S/C10H16O2/c1-9(2)6-10(9,7-11)4-3-8-5-12-8/h7-8H,3-6H2,1-2H3. The fourth-order valence-electron chi connectivity index (χ4n) is 2.08. The maximum absolute atomic E-state index is 10.9. The van der Waals surface area contributed by atoms with Crippen LogP contribution in [0.4, 0.5) is 0 Å². The van der Waals surface area contributed by atoms with Gasteiger partial charge in [0.2, 0.25) is 0 Å². The van der Waals surface area contributed by atoms with Crippen molar-refractivity contribution in [2.24, 2.45) is 10.8 Å². The highest BCUT2D eigenvalue weighted by molar-refractivity contribution is 5.66. The highest BCUT2D eigenvalue weighted by Crippen LogP contribution is 2.64. The Labute approximate surface area is 73.3 Å². The lowest BCUT2D eigenvalue weighted by atomic mass is 9.92. The monoisotopic (exact) mass is 168 g/mol. The van der Waals surface area contributed by atoms with E-state index in [0.717, 1.165) is 32.2 Å². The number of hydrogen-bond donors (Lipinski definition) is 0. The van der Waals surface area contributed by atoms with Gasteiger partial charge in [-0.2, -0.15) is 0 Å². The van der Waals surface area contributed by atoms with Crippen LogP contribution >= 0.6 is 0 Å². The predicted octanol–water partition coefficient (Wildman–Crippen LogP) is 1.78. The summed E-state index contributed by atoms with van der Waals surface area (Å²) in [6.45, 7) is 5.26. The number of hydrogen-bond acceptors (Lipinski definition) is 2. The van der Waals surface area contributed by atoms with Gasteiger partial charge in [-0.15, -0.1) is 0 Å². The molecule has 2 unspecified atom stereocenters. The summed E-state index contributed by atoms with van der Waals surface area (Å²) in [5, 5.41) is 0. The van der Waals surface area contributed by atoms with Gasteiger partial charge in [-0.1, -0.05) is 13.8 Å². The van der Waals surface area contributed by atoms with E-state index in [1.165, 1.54) is 0 Å². The molecule has 2 aliphatic rings. The van der Waals surface area contributed by atoms with E-state index in [1.807, 2.05) is 0 Å². The van der Waals surface area contributed by atoms with Crippen molar-refractivity contribution < 1.29 is 9.53 Å². The summed E-state index contributed by atoms with van der Waals surface area (Å²) in [7, 11) is 0. The molecule has 2 rings (SSSR count). The molecule has 0 N–H and O–H groups in total. The molecule has 0 radical (unpaired) electrons. The van der Waals surface area contributed by atoms with Crippen LogP contribution in [-0.2, 0) is 9.53 Å². The summed E-state index contributed by atoms with van der Waals surface area (Å²) in [5.74, 6) is 0. The Kier molecular flexibility index (Phi) is 1.59. The first-order valence-corrected chi connectivity index (χ1v) is 4.68. The van der Waals surface area contributed by atoms with Crippen LogP contribution < -0.4 is 0 Å². The zero-order valence-electron chi connectivity index (χ0n) is 7.80. The van der Waals surface area contributed by atoms with Crippen molar-refractivity contribution in [3.05, 3.63) is 0 Å². The third-order valence-corrected chi connectivity index (χ3v) is 3.52. The Morgan fingerprint density at radius 2 is 2.17 bits per heavy atom. The Balaban J connectivity index is 1.87. The van der Waals surface area contributed by atoms with Crippen molar-refractivity contribution in [1.29, 1.82) is 0 Å². The molecule has 1 saturated carbocycles. The van der Waals surface area contributed by atoms with Crippen LogP contribution in [0.15, 0.2) is 0 Å². The Morgan fingerprint density at radius 1 is 1.58 bits per heavy atom. The van der Waals surface area contributed by atoms with Gasteiger partial charge in [0, 0.05) is 5.41 Å². The molecule has 2 nitrogen and oxygen atoms in total. The van der Waals surface area contributed by atoms with Gasteiger partial charge in [-0.25, -0.2) is 0 Å². The van der Waals surface area contributed by atoms with Gasteiger partial charge >= 0.3 is 0 Å². The average molecular weight is 168 g/mol. The minimum absolute atomic E-state index is 0.00104. The number of ether oxygens (including phenoxy) is 1. The molecule has 0 aromatic rings. The minimum Gasteiger partial charge on any atom is -0.373 e. The van der Waals surface area contributed by atoms with Crippen LogP contribution in [0.5, 0.6) is 0 Å². The fourth-order valence-corrected chi connectivity index (χ4v) is 2.08. The van der Waals surface area contributed by atoms with Crippen molar-refractivity contribution in [2.45, 2.75) is 39.2 Å². The molecule has 0 aromatic carbocycles. The summed E-state index contributed by atoms with van der Waals surface area (Å²) in [4.78, 5) is 10.9. The summed E-state index contributed by atoms with van der Waals surface area (Å²) in [6.07, 6.45) is 4.79. The molecule has 1 saturated heterocycles. The normalized spacial score (nSPS) is 42.3. The molecule has 12 heavy (non-hydrogen) atoms. The topological polar surface area (TPSA) is 29.6 Å². The first kappa shape index (κ1) is 8.24. The molecule has 0 bridgehead atoms. The van der Waals surface area contributed by atoms with E-state index in [1.54, 1.807) is 0 Å². The Bertz CT molecular complexity index is 206. The molecule has 68 valence electrons. The summed E-state index contributed by atoms with van der Waals surface area (Å²) in [5.41, 5.74) is 0.253. The maximum atomic E-state index is 10.9. The number of carbonyl (C=O) groups is 1. The molecule has 0 amide bonds. The quantitative estimate of drug-likeness (QED) is 0.473. The summed E-state index contributed by atoms with van der Waals surface area (Å²) < 4.78 is 5.13. The molecule has 2 fully saturated rings. The van der Waals surface area contributed by atoms with Gasteiger partial charge in [-0.3, -0.25) is 0 Å². The third kappa shape index (κ3) is 1.18. The van der Waals surface area contributed by atoms with Gasteiger partial charge in [0.25, 0.3) is 0 Å².